The topological polar surface area (TPSA) is 128 Å². The van der Waals surface area contributed by atoms with E-state index in [-0.39, 0.29) is 49.3 Å². The van der Waals surface area contributed by atoms with Gasteiger partial charge in [-0.2, -0.15) is 13.2 Å². The van der Waals surface area contributed by atoms with Crippen molar-refractivity contribution in [2.75, 3.05) is 26.8 Å². The number of aromatic nitrogens is 4. The molecule has 1 aliphatic heterocycles. The van der Waals surface area contributed by atoms with Gasteiger partial charge >= 0.3 is 6.18 Å². The number of pyridine rings is 2. The highest BCUT2D eigenvalue weighted by molar-refractivity contribution is 5.86. The van der Waals surface area contributed by atoms with Gasteiger partial charge in [-0.1, -0.05) is 12.1 Å². The van der Waals surface area contributed by atoms with Crippen LogP contribution in [0.5, 0.6) is 5.75 Å². The minimum Gasteiger partial charge on any atom is -0.483 e. The van der Waals surface area contributed by atoms with Crippen LogP contribution in [0.15, 0.2) is 42.6 Å². The molecule has 41 heavy (non-hydrogen) atoms. The largest absolute Gasteiger partial charge is 0.483 e. The first-order valence-electron chi connectivity index (χ1n) is 12.6. The highest BCUT2D eigenvalue weighted by atomic mass is 19.4. The Kier molecular flexibility index (Phi) is 8.75. The van der Waals surface area contributed by atoms with Crippen molar-refractivity contribution in [3.05, 3.63) is 54.0 Å². The number of likely N-dealkylation sites (tertiary alicyclic amines) is 1. The Labute approximate surface area is 232 Å². The van der Waals surface area contributed by atoms with Gasteiger partial charge in [-0.25, -0.2) is 9.37 Å². The monoisotopic (exact) mass is 578 g/mol. The molecule has 0 spiro atoms. The summed E-state index contributed by atoms with van der Waals surface area (Å²) in [4.78, 5) is 14.4. The summed E-state index contributed by atoms with van der Waals surface area (Å²) < 4.78 is 69.6. The number of nitrogens with zero attached hydrogens (tertiary/aromatic N) is 5. The van der Waals surface area contributed by atoms with E-state index in [0.29, 0.717) is 28.7 Å². The van der Waals surface area contributed by atoms with Crippen LogP contribution in [-0.4, -0.2) is 80.7 Å². The summed E-state index contributed by atoms with van der Waals surface area (Å²) in [6.07, 6.45) is -2.61. The van der Waals surface area contributed by atoms with Crippen molar-refractivity contribution in [2.24, 2.45) is 5.73 Å². The van der Waals surface area contributed by atoms with Crippen LogP contribution in [0.2, 0.25) is 0 Å². The maximum Gasteiger partial charge on any atom is 0.408 e. The lowest BCUT2D eigenvalue weighted by Crippen LogP contribution is -2.38. The number of ether oxygens (including phenoxy) is 2. The van der Waals surface area contributed by atoms with Crippen molar-refractivity contribution >= 4 is 23.0 Å². The van der Waals surface area contributed by atoms with Gasteiger partial charge in [0.1, 0.15) is 34.4 Å². The highest BCUT2D eigenvalue weighted by Gasteiger charge is 2.46. The molecular weight excluding hydrogens is 548 g/mol. The van der Waals surface area contributed by atoms with E-state index in [0.717, 1.165) is 0 Å². The Morgan fingerprint density at radius 1 is 1.20 bits per heavy atom. The molecule has 1 saturated heterocycles. The van der Waals surface area contributed by atoms with Gasteiger partial charge in [0.2, 0.25) is 0 Å². The van der Waals surface area contributed by atoms with E-state index in [4.69, 9.17) is 25.1 Å². The number of carbonyl (C=O) groups is 1. The standard InChI is InChI=1S/C26H28F4N6O2.CH2O2/c1-25(2,14-37-3)38-20-11-17(27)10-15-4-6-19(32-22(15)20)24-34-33-21-7-5-16(12-36(21)24)23(26(28,29)30)35-9-8-18(31)13-35;2-1-3/h4-7,10-12,18,23H,8-9,13-14,31H2,1-3H3;1H,(H,2,3)/t18?,23-;/m1./s1. The molecule has 4 heterocycles. The number of methoxy groups -OCH3 is 1. The third-order valence-electron chi connectivity index (χ3n) is 6.50. The van der Waals surface area contributed by atoms with Crippen molar-refractivity contribution in [3.8, 4) is 17.3 Å². The van der Waals surface area contributed by atoms with Crippen molar-refractivity contribution in [3.63, 3.8) is 0 Å². The van der Waals surface area contributed by atoms with Gasteiger partial charge in [0, 0.05) is 43.9 Å². The molecule has 220 valence electrons. The van der Waals surface area contributed by atoms with E-state index >= 15 is 0 Å². The fraction of sp³-hybridized carbons (Fsp3) is 0.407. The van der Waals surface area contributed by atoms with Crippen LogP contribution in [0.1, 0.15) is 31.9 Å². The molecule has 4 aromatic rings. The van der Waals surface area contributed by atoms with Crippen molar-refractivity contribution in [2.45, 2.75) is 44.1 Å². The smallest absolute Gasteiger partial charge is 0.408 e. The van der Waals surface area contributed by atoms with E-state index < -0.39 is 23.6 Å². The summed E-state index contributed by atoms with van der Waals surface area (Å²) in [5.41, 5.74) is 6.26. The third-order valence-corrected chi connectivity index (χ3v) is 6.50. The van der Waals surface area contributed by atoms with Gasteiger partial charge in [-0.15, -0.1) is 10.2 Å². The van der Waals surface area contributed by atoms with Crippen LogP contribution >= 0.6 is 0 Å². The second kappa shape index (κ2) is 11.9. The van der Waals surface area contributed by atoms with Gasteiger partial charge in [0.05, 0.1) is 6.61 Å². The predicted octanol–water partition coefficient (Wildman–Crippen LogP) is 4.22. The molecule has 5 rings (SSSR count). The van der Waals surface area contributed by atoms with Crippen molar-refractivity contribution in [1.29, 1.82) is 0 Å². The number of halogens is 4. The highest BCUT2D eigenvalue weighted by Crippen LogP contribution is 2.39. The van der Waals surface area contributed by atoms with Gasteiger partial charge in [0.25, 0.3) is 6.47 Å². The maximum absolute atomic E-state index is 14.3. The Hall–Kier alpha value is -3.88. The van der Waals surface area contributed by atoms with Crippen LogP contribution < -0.4 is 10.5 Å². The zero-order valence-corrected chi connectivity index (χ0v) is 22.6. The first-order chi connectivity index (χ1) is 19.4. The van der Waals surface area contributed by atoms with Crippen molar-refractivity contribution < 1.29 is 36.9 Å². The molecule has 0 saturated carbocycles. The summed E-state index contributed by atoms with van der Waals surface area (Å²) >= 11 is 0. The quantitative estimate of drug-likeness (QED) is 0.245. The zero-order valence-electron chi connectivity index (χ0n) is 22.6. The molecule has 3 N–H and O–H groups in total. The number of alkyl halides is 3. The summed E-state index contributed by atoms with van der Waals surface area (Å²) in [5, 5.41) is 15.7. The van der Waals surface area contributed by atoms with E-state index in [1.165, 1.54) is 46.9 Å². The number of hydrogen-bond acceptors (Lipinski definition) is 8. The number of hydrogen-bond donors (Lipinski definition) is 2. The average molecular weight is 579 g/mol. The second-order valence-corrected chi connectivity index (χ2v) is 10.3. The van der Waals surface area contributed by atoms with Crippen LogP contribution in [0.3, 0.4) is 0 Å². The molecular formula is C27H30F4N6O4. The van der Waals surface area contributed by atoms with E-state index in [9.17, 15) is 17.6 Å². The number of benzene rings is 1. The summed E-state index contributed by atoms with van der Waals surface area (Å²) in [5.74, 6) is -0.0391. The summed E-state index contributed by atoms with van der Waals surface area (Å²) in [7, 11) is 1.54. The van der Waals surface area contributed by atoms with Crippen LogP contribution in [0.4, 0.5) is 17.6 Å². The molecule has 14 heteroatoms. The second-order valence-electron chi connectivity index (χ2n) is 10.3. The zero-order chi connectivity index (χ0) is 29.9. The molecule has 10 nitrogen and oxygen atoms in total. The Bertz CT molecular complexity index is 1530. The third kappa shape index (κ3) is 6.72. The Balaban J connectivity index is 0.00000124. The summed E-state index contributed by atoms with van der Waals surface area (Å²) in [6.45, 7) is 4.01. The number of carboxylic acid groups (broad SMARTS) is 1. The van der Waals surface area contributed by atoms with Crippen LogP contribution in [0, 0.1) is 5.82 Å². The van der Waals surface area contributed by atoms with Gasteiger partial charge in [-0.3, -0.25) is 14.1 Å². The molecule has 1 aromatic carbocycles. The summed E-state index contributed by atoms with van der Waals surface area (Å²) in [6, 6.07) is 6.65. The van der Waals surface area contributed by atoms with E-state index in [2.05, 4.69) is 15.2 Å². The number of nitrogens with two attached hydrogens (primary N) is 1. The van der Waals surface area contributed by atoms with Crippen LogP contribution in [0.25, 0.3) is 28.1 Å². The predicted molar refractivity (Wildman–Crippen MR) is 142 cm³/mol. The SMILES string of the molecule is COCC(C)(C)Oc1cc(F)cc2ccc(-c3nnc4ccc([C@@H](N5CCC(N)C5)C(F)(F)F)cn34)nc12.O=CO. The molecule has 1 fully saturated rings. The molecule has 3 aromatic heterocycles. The fourth-order valence-electron chi connectivity index (χ4n) is 4.95. The molecule has 0 radical (unpaired) electrons. The van der Waals surface area contributed by atoms with Crippen LogP contribution in [-0.2, 0) is 9.53 Å². The Morgan fingerprint density at radius 3 is 2.56 bits per heavy atom. The lowest BCUT2D eigenvalue weighted by atomic mass is 10.1. The molecule has 0 bridgehead atoms. The first-order valence-corrected chi connectivity index (χ1v) is 12.6. The molecule has 2 atom stereocenters. The normalized spacial score (nSPS) is 16.9. The minimum absolute atomic E-state index is 0.0494. The van der Waals surface area contributed by atoms with E-state index in [1.54, 1.807) is 26.0 Å². The molecule has 0 aliphatic carbocycles. The molecule has 0 amide bonds. The molecule has 1 unspecified atom stereocenters. The fourth-order valence-corrected chi connectivity index (χ4v) is 4.95. The van der Waals surface area contributed by atoms with E-state index in [1.807, 2.05) is 0 Å². The Morgan fingerprint density at radius 2 is 1.93 bits per heavy atom. The minimum atomic E-state index is -4.50. The number of rotatable bonds is 7. The average Bonchev–Trinajstić information content (AvgIpc) is 3.49. The lowest BCUT2D eigenvalue weighted by molar-refractivity contribution is -0.183. The van der Waals surface area contributed by atoms with Gasteiger partial charge in [-0.05, 0) is 44.0 Å². The van der Waals surface area contributed by atoms with Gasteiger partial charge in [0.15, 0.2) is 11.5 Å². The number of fused-ring (bicyclic) bond motifs is 2. The maximum atomic E-state index is 14.3. The molecule has 1 aliphatic rings. The van der Waals surface area contributed by atoms with Gasteiger partial charge < -0.3 is 20.3 Å². The van der Waals surface area contributed by atoms with Crippen molar-refractivity contribution in [1.82, 2.24) is 24.5 Å². The first kappa shape index (κ1) is 30.1. The lowest BCUT2D eigenvalue weighted by Gasteiger charge is -2.30.